The van der Waals surface area contributed by atoms with Crippen molar-refractivity contribution in [3.63, 3.8) is 0 Å². The molecule has 0 unspecified atom stereocenters. The van der Waals surface area contributed by atoms with E-state index in [9.17, 15) is 9.59 Å². The van der Waals surface area contributed by atoms with Gasteiger partial charge in [0.1, 0.15) is 0 Å². The first kappa shape index (κ1) is 20.4. The van der Waals surface area contributed by atoms with E-state index in [2.05, 4.69) is 28.8 Å². The van der Waals surface area contributed by atoms with E-state index in [-0.39, 0.29) is 30.8 Å². The molecule has 2 N–H and O–H groups in total. The second kappa shape index (κ2) is 9.72. The zero-order chi connectivity index (χ0) is 20.8. The lowest BCUT2D eigenvalue weighted by Crippen LogP contribution is -2.39. The highest BCUT2D eigenvalue weighted by Gasteiger charge is 2.20. The maximum absolute atomic E-state index is 12.6. The SMILES string of the molecule is O=C(Cc1ccccc1)NCC(=O)N[C@@H](c1ccc2c(c1)CCCC2)c1cccs1. The number of hydrogen-bond acceptors (Lipinski definition) is 3. The van der Waals surface area contributed by atoms with E-state index in [0.29, 0.717) is 0 Å². The topological polar surface area (TPSA) is 58.2 Å². The third-order valence-electron chi connectivity index (χ3n) is 5.49. The lowest BCUT2D eigenvalue weighted by atomic mass is 9.89. The molecule has 4 nitrogen and oxygen atoms in total. The molecular weight excluding hydrogens is 392 g/mol. The third kappa shape index (κ3) is 5.16. The van der Waals surface area contributed by atoms with Gasteiger partial charge in [0.2, 0.25) is 11.8 Å². The lowest BCUT2D eigenvalue weighted by Gasteiger charge is -2.22. The van der Waals surface area contributed by atoms with Crippen molar-refractivity contribution in [1.82, 2.24) is 10.6 Å². The predicted octanol–water partition coefficient (Wildman–Crippen LogP) is 4.19. The van der Waals surface area contributed by atoms with Crippen LogP contribution in [0.25, 0.3) is 0 Å². The van der Waals surface area contributed by atoms with Crippen molar-refractivity contribution < 1.29 is 9.59 Å². The first-order valence-corrected chi connectivity index (χ1v) is 11.3. The van der Waals surface area contributed by atoms with Crippen molar-refractivity contribution in [2.45, 2.75) is 38.1 Å². The predicted molar refractivity (Wildman–Crippen MR) is 121 cm³/mol. The van der Waals surface area contributed by atoms with Crippen LogP contribution in [0.5, 0.6) is 0 Å². The number of rotatable bonds is 7. The number of hydrogen-bond donors (Lipinski definition) is 2. The minimum absolute atomic E-state index is 0.0293. The van der Waals surface area contributed by atoms with Crippen LogP contribution in [0.3, 0.4) is 0 Å². The van der Waals surface area contributed by atoms with Crippen LogP contribution in [0.2, 0.25) is 0 Å². The van der Waals surface area contributed by atoms with Crippen LogP contribution in [0.1, 0.15) is 46.0 Å². The molecule has 0 fully saturated rings. The molecule has 1 heterocycles. The summed E-state index contributed by atoms with van der Waals surface area (Å²) >= 11 is 1.63. The normalized spacial score (nSPS) is 13.9. The molecule has 4 rings (SSSR count). The average molecular weight is 419 g/mol. The molecular formula is C25H26N2O2S. The van der Waals surface area contributed by atoms with Crippen molar-refractivity contribution in [1.29, 1.82) is 0 Å². The van der Waals surface area contributed by atoms with Crippen molar-refractivity contribution in [3.05, 3.63) is 93.2 Å². The molecule has 0 saturated heterocycles. The van der Waals surface area contributed by atoms with Gasteiger partial charge in [-0.3, -0.25) is 9.59 Å². The number of carbonyl (C=O) groups excluding carboxylic acids is 2. The van der Waals surface area contributed by atoms with Gasteiger partial charge in [0.25, 0.3) is 0 Å². The Morgan fingerprint density at radius 1 is 0.900 bits per heavy atom. The van der Waals surface area contributed by atoms with E-state index < -0.39 is 0 Å². The summed E-state index contributed by atoms with van der Waals surface area (Å²) in [7, 11) is 0. The largest absolute Gasteiger partial charge is 0.347 e. The highest BCUT2D eigenvalue weighted by atomic mass is 32.1. The Kier molecular flexibility index (Phi) is 6.60. The van der Waals surface area contributed by atoms with Crippen LogP contribution in [-0.2, 0) is 28.9 Å². The lowest BCUT2D eigenvalue weighted by molar-refractivity contribution is -0.126. The fourth-order valence-electron chi connectivity index (χ4n) is 3.94. The Balaban J connectivity index is 1.41. The zero-order valence-electron chi connectivity index (χ0n) is 16.9. The maximum atomic E-state index is 12.6. The fourth-order valence-corrected chi connectivity index (χ4v) is 4.74. The molecule has 0 spiro atoms. The number of thiophene rings is 1. The van der Waals surface area contributed by atoms with E-state index in [0.717, 1.165) is 28.8 Å². The summed E-state index contributed by atoms with van der Waals surface area (Å²) in [6.45, 7) is -0.0293. The minimum Gasteiger partial charge on any atom is -0.347 e. The van der Waals surface area contributed by atoms with Gasteiger partial charge in [0.15, 0.2) is 0 Å². The number of amides is 2. The van der Waals surface area contributed by atoms with Crippen LogP contribution >= 0.6 is 11.3 Å². The van der Waals surface area contributed by atoms with Crippen LogP contribution in [0, 0.1) is 0 Å². The van der Waals surface area contributed by atoms with Gasteiger partial charge in [0, 0.05) is 4.88 Å². The number of carbonyl (C=O) groups is 2. The Hall–Kier alpha value is -2.92. The Morgan fingerprint density at radius 2 is 1.70 bits per heavy atom. The summed E-state index contributed by atoms with van der Waals surface area (Å²) in [5, 5.41) is 7.88. The van der Waals surface area contributed by atoms with Crippen molar-refractivity contribution in [2.24, 2.45) is 0 Å². The zero-order valence-corrected chi connectivity index (χ0v) is 17.7. The molecule has 0 aliphatic heterocycles. The van der Waals surface area contributed by atoms with Crippen molar-refractivity contribution >= 4 is 23.2 Å². The Morgan fingerprint density at radius 3 is 2.47 bits per heavy atom. The summed E-state index contributed by atoms with van der Waals surface area (Å²) < 4.78 is 0. The monoisotopic (exact) mass is 418 g/mol. The molecule has 0 saturated carbocycles. The van der Waals surface area contributed by atoms with Gasteiger partial charge in [-0.15, -0.1) is 11.3 Å². The van der Waals surface area contributed by atoms with Crippen LogP contribution in [0.4, 0.5) is 0 Å². The van der Waals surface area contributed by atoms with E-state index in [1.165, 1.54) is 24.0 Å². The van der Waals surface area contributed by atoms with Gasteiger partial charge in [-0.1, -0.05) is 54.6 Å². The highest BCUT2D eigenvalue weighted by Crippen LogP contribution is 2.30. The quantitative estimate of drug-likeness (QED) is 0.604. The molecule has 0 radical (unpaired) electrons. The molecule has 3 aromatic rings. The second-order valence-corrected chi connectivity index (χ2v) is 8.67. The second-order valence-electron chi connectivity index (χ2n) is 7.69. The molecule has 0 bridgehead atoms. The number of benzene rings is 2. The number of nitrogens with one attached hydrogen (secondary N) is 2. The summed E-state index contributed by atoms with van der Waals surface area (Å²) in [6.07, 6.45) is 4.98. The molecule has 30 heavy (non-hydrogen) atoms. The van der Waals surface area contributed by atoms with Crippen LogP contribution in [-0.4, -0.2) is 18.4 Å². The van der Waals surface area contributed by atoms with Crippen molar-refractivity contribution in [3.8, 4) is 0 Å². The van der Waals surface area contributed by atoms with Gasteiger partial charge < -0.3 is 10.6 Å². The van der Waals surface area contributed by atoms with Crippen LogP contribution in [0.15, 0.2) is 66.0 Å². The van der Waals surface area contributed by atoms with Gasteiger partial charge >= 0.3 is 0 Å². The Bertz CT molecular complexity index is 999. The molecule has 1 atom stereocenters. The first-order valence-electron chi connectivity index (χ1n) is 10.4. The summed E-state index contributed by atoms with van der Waals surface area (Å²) in [6, 6.07) is 20.0. The van der Waals surface area contributed by atoms with Crippen molar-refractivity contribution in [2.75, 3.05) is 6.54 Å². The number of fused-ring (bicyclic) bond motifs is 1. The van der Waals surface area contributed by atoms with Gasteiger partial charge in [-0.05, 0) is 59.4 Å². The van der Waals surface area contributed by atoms with E-state index >= 15 is 0 Å². The summed E-state index contributed by atoms with van der Waals surface area (Å²) in [4.78, 5) is 25.9. The Labute approximate surface area is 181 Å². The van der Waals surface area contributed by atoms with Gasteiger partial charge in [-0.2, -0.15) is 0 Å². The average Bonchev–Trinajstić information content (AvgIpc) is 3.31. The van der Waals surface area contributed by atoms with E-state index in [1.54, 1.807) is 11.3 Å². The third-order valence-corrected chi connectivity index (χ3v) is 6.43. The molecule has 2 aromatic carbocycles. The molecule has 1 aliphatic rings. The first-order chi connectivity index (χ1) is 14.7. The molecule has 1 aliphatic carbocycles. The smallest absolute Gasteiger partial charge is 0.240 e. The molecule has 5 heteroatoms. The number of aryl methyl sites for hydroxylation is 2. The highest BCUT2D eigenvalue weighted by molar-refractivity contribution is 7.10. The summed E-state index contributed by atoms with van der Waals surface area (Å²) in [5.74, 6) is -0.342. The molecule has 2 amide bonds. The van der Waals surface area contributed by atoms with Gasteiger partial charge in [-0.25, -0.2) is 0 Å². The van der Waals surface area contributed by atoms with Crippen LogP contribution < -0.4 is 10.6 Å². The standard InChI is InChI=1S/C25H26N2O2S/c28-23(15-18-7-2-1-3-8-18)26-17-24(29)27-25(22-11-6-14-30-22)21-13-12-19-9-4-5-10-20(19)16-21/h1-3,6-8,11-14,16,25H,4-5,9-10,15,17H2,(H,26,28)(H,27,29)/t25-/m0/s1. The van der Waals surface area contributed by atoms with E-state index in [1.807, 2.05) is 47.8 Å². The maximum Gasteiger partial charge on any atom is 0.240 e. The minimum atomic E-state index is -0.198. The fraction of sp³-hybridized carbons (Fsp3) is 0.280. The van der Waals surface area contributed by atoms with Gasteiger partial charge in [0.05, 0.1) is 19.0 Å². The summed E-state index contributed by atoms with van der Waals surface area (Å²) in [5.41, 5.74) is 4.85. The van der Waals surface area contributed by atoms with E-state index in [4.69, 9.17) is 0 Å². The molecule has 154 valence electrons. The molecule has 1 aromatic heterocycles.